The second-order valence-corrected chi connectivity index (χ2v) is 8.75. The number of nitrogens with one attached hydrogen (secondary N) is 2. The second-order valence-electron chi connectivity index (χ2n) is 7.38. The highest BCUT2D eigenvalue weighted by Crippen LogP contribution is 2.18. The van der Waals surface area contributed by atoms with Gasteiger partial charge in [-0.1, -0.05) is 24.3 Å². The first-order valence-electron chi connectivity index (χ1n) is 9.92. The number of carbonyl (C=O) groups excluding carboxylic acids is 1. The van der Waals surface area contributed by atoms with Crippen LogP contribution in [0.4, 0.5) is 0 Å². The van der Waals surface area contributed by atoms with Crippen LogP contribution in [0.25, 0.3) is 0 Å². The minimum Gasteiger partial charge on any atom is -0.354 e. The summed E-state index contributed by atoms with van der Waals surface area (Å²) in [6.07, 6.45) is 2.63. The Kier molecular flexibility index (Phi) is 7.09. The van der Waals surface area contributed by atoms with Gasteiger partial charge >= 0.3 is 0 Å². The SMILES string of the molecule is CN=C(NCc1ccccc1CN1CCCC1=O)NC(C)Cc1ccc(C)s1. The van der Waals surface area contributed by atoms with Crippen LogP contribution >= 0.6 is 11.3 Å². The highest BCUT2D eigenvalue weighted by atomic mass is 32.1. The number of carbonyl (C=O) groups is 1. The normalized spacial score (nSPS) is 15.8. The van der Waals surface area contributed by atoms with Gasteiger partial charge in [0.25, 0.3) is 0 Å². The van der Waals surface area contributed by atoms with E-state index in [0.717, 1.165) is 25.3 Å². The molecule has 2 heterocycles. The lowest BCUT2D eigenvalue weighted by atomic mass is 10.1. The molecule has 2 N–H and O–H groups in total. The molecule has 1 aliphatic heterocycles. The molecule has 150 valence electrons. The van der Waals surface area contributed by atoms with E-state index in [-0.39, 0.29) is 5.91 Å². The molecule has 0 aliphatic carbocycles. The average Bonchev–Trinajstić information content (AvgIpc) is 3.27. The molecule has 1 atom stereocenters. The number of amides is 1. The number of hydrogen-bond acceptors (Lipinski definition) is 3. The summed E-state index contributed by atoms with van der Waals surface area (Å²) in [6, 6.07) is 13.0. The van der Waals surface area contributed by atoms with Gasteiger partial charge in [-0.3, -0.25) is 9.79 Å². The maximum atomic E-state index is 12.0. The van der Waals surface area contributed by atoms with E-state index in [9.17, 15) is 4.79 Å². The zero-order chi connectivity index (χ0) is 19.9. The van der Waals surface area contributed by atoms with E-state index >= 15 is 0 Å². The molecule has 1 saturated heterocycles. The summed E-state index contributed by atoms with van der Waals surface area (Å²) in [7, 11) is 1.80. The Balaban J connectivity index is 1.55. The van der Waals surface area contributed by atoms with Crippen molar-refractivity contribution in [1.29, 1.82) is 0 Å². The Labute approximate surface area is 171 Å². The van der Waals surface area contributed by atoms with Crippen molar-refractivity contribution in [2.75, 3.05) is 13.6 Å². The number of hydrogen-bond donors (Lipinski definition) is 2. The van der Waals surface area contributed by atoms with Gasteiger partial charge in [-0.05, 0) is 43.5 Å². The van der Waals surface area contributed by atoms with Crippen LogP contribution in [0.2, 0.25) is 0 Å². The van der Waals surface area contributed by atoms with Gasteiger partial charge in [0, 0.05) is 55.3 Å². The van der Waals surface area contributed by atoms with Crippen LogP contribution in [-0.2, 0) is 24.3 Å². The van der Waals surface area contributed by atoms with Crippen LogP contribution in [0.5, 0.6) is 0 Å². The first-order chi connectivity index (χ1) is 13.5. The smallest absolute Gasteiger partial charge is 0.222 e. The highest BCUT2D eigenvalue weighted by molar-refractivity contribution is 7.11. The first-order valence-corrected chi connectivity index (χ1v) is 10.7. The molecule has 1 aliphatic rings. The Hall–Kier alpha value is -2.34. The molecule has 1 fully saturated rings. The first kappa shape index (κ1) is 20.4. The highest BCUT2D eigenvalue weighted by Gasteiger charge is 2.20. The van der Waals surface area contributed by atoms with Crippen molar-refractivity contribution in [3.05, 3.63) is 57.3 Å². The molecule has 0 saturated carbocycles. The topological polar surface area (TPSA) is 56.7 Å². The number of rotatable bonds is 7. The molecule has 5 nitrogen and oxygen atoms in total. The van der Waals surface area contributed by atoms with Crippen molar-refractivity contribution in [3.8, 4) is 0 Å². The van der Waals surface area contributed by atoms with Crippen LogP contribution < -0.4 is 10.6 Å². The molecule has 2 aromatic rings. The van der Waals surface area contributed by atoms with Gasteiger partial charge < -0.3 is 15.5 Å². The summed E-state index contributed by atoms with van der Waals surface area (Å²) in [5, 5.41) is 6.90. The summed E-state index contributed by atoms with van der Waals surface area (Å²) >= 11 is 1.85. The fraction of sp³-hybridized carbons (Fsp3) is 0.455. The number of thiophene rings is 1. The quantitative estimate of drug-likeness (QED) is 0.555. The van der Waals surface area contributed by atoms with Crippen molar-refractivity contribution >= 4 is 23.2 Å². The average molecular weight is 399 g/mol. The summed E-state index contributed by atoms with van der Waals surface area (Å²) < 4.78 is 0. The van der Waals surface area contributed by atoms with Gasteiger partial charge in [0.1, 0.15) is 0 Å². The summed E-state index contributed by atoms with van der Waals surface area (Å²) in [4.78, 5) is 21.0. The molecule has 28 heavy (non-hydrogen) atoms. The number of aliphatic imine (C=N–C) groups is 1. The fourth-order valence-corrected chi connectivity index (χ4v) is 4.53. The fourth-order valence-electron chi connectivity index (χ4n) is 3.52. The third kappa shape index (κ3) is 5.58. The van der Waals surface area contributed by atoms with Gasteiger partial charge in [0.15, 0.2) is 5.96 Å². The Morgan fingerprint density at radius 3 is 2.68 bits per heavy atom. The van der Waals surface area contributed by atoms with Crippen LogP contribution in [-0.4, -0.2) is 36.4 Å². The lowest BCUT2D eigenvalue weighted by molar-refractivity contribution is -0.128. The molecule has 0 radical (unpaired) electrons. The van der Waals surface area contributed by atoms with Gasteiger partial charge in [-0.15, -0.1) is 11.3 Å². The van der Waals surface area contributed by atoms with Crippen LogP contribution in [0.15, 0.2) is 41.4 Å². The second kappa shape index (κ2) is 9.73. The molecule has 1 unspecified atom stereocenters. The molecular weight excluding hydrogens is 368 g/mol. The van der Waals surface area contributed by atoms with E-state index in [0.29, 0.717) is 25.6 Å². The van der Waals surface area contributed by atoms with Gasteiger partial charge in [-0.2, -0.15) is 0 Å². The minimum atomic E-state index is 0.262. The third-order valence-corrected chi connectivity index (χ3v) is 6.03. The van der Waals surface area contributed by atoms with Crippen molar-refractivity contribution < 1.29 is 4.79 Å². The Morgan fingerprint density at radius 2 is 2.04 bits per heavy atom. The standard InChI is InChI=1S/C22H30N4OS/c1-16(13-20-11-10-17(2)28-20)25-22(23-3)24-14-18-7-4-5-8-19(18)15-26-12-6-9-21(26)27/h4-5,7-8,10-11,16H,6,9,12-15H2,1-3H3,(H2,23,24,25). The predicted molar refractivity (Wildman–Crippen MR) is 117 cm³/mol. The molecule has 1 aromatic carbocycles. The summed E-state index contributed by atoms with van der Waals surface area (Å²) in [5.41, 5.74) is 2.40. The number of guanidine groups is 1. The monoisotopic (exact) mass is 398 g/mol. The minimum absolute atomic E-state index is 0.262. The molecule has 0 spiro atoms. The Bertz CT molecular complexity index is 829. The zero-order valence-corrected chi connectivity index (χ0v) is 17.8. The van der Waals surface area contributed by atoms with Crippen molar-refractivity contribution in [2.24, 2.45) is 4.99 Å². The van der Waals surface area contributed by atoms with E-state index < -0.39 is 0 Å². The van der Waals surface area contributed by atoms with E-state index in [1.807, 2.05) is 28.4 Å². The van der Waals surface area contributed by atoms with Gasteiger partial charge in [0.05, 0.1) is 0 Å². The molecule has 1 aromatic heterocycles. The summed E-state index contributed by atoms with van der Waals surface area (Å²) in [6.45, 7) is 6.55. The van der Waals surface area contributed by atoms with Gasteiger partial charge in [0.2, 0.25) is 5.91 Å². The van der Waals surface area contributed by atoms with E-state index in [2.05, 4.69) is 53.7 Å². The number of nitrogens with zero attached hydrogens (tertiary/aromatic N) is 2. The van der Waals surface area contributed by atoms with Crippen LogP contribution in [0.3, 0.4) is 0 Å². The maximum absolute atomic E-state index is 12.0. The number of likely N-dealkylation sites (tertiary alicyclic amines) is 1. The lowest BCUT2D eigenvalue weighted by Gasteiger charge is -2.20. The van der Waals surface area contributed by atoms with E-state index in [4.69, 9.17) is 0 Å². The third-order valence-electron chi connectivity index (χ3n) is 5.01. The van der Waals surface area contributed by atoms with E-state index in [1.165, 1.54) is 20.9 Å². The molecular formula is C22H30N4OS. The predicted octanol–water partition coefficient (Wildman–Crippen LogP) is 3.48. The maximum Gasteiger partial charge on any atom is 0.222 e. The lowest BCUT2D eigenvalue weighted by Crippen LogP contribution is -2.42. The molecule has 3 rings (SSSR count). The number of benzene rings is 1. The largest absolute Gasteiger partial charge is 0.354 e. The van der Waals surface area contributed by atoms with Crippen molar-refractivity contribution in [2.45, 2.75) is 52.2 Å². The molecule has 0 bridgehead atoms. The number of aryl methyl sites for hydroxylation is 1. The van der Waals surface area contributed by atoms with Gasteiger partial charge in [-0.25, -0.2) is 0 Å². The molecule has 6 heteroatoms. The van der Waals surface area contributed by atoms with Crippen molar-refractivity contribution in [1.82, 2.24) is 15.5 Å². The molecule has 1 amide bonds. The van der Waals surface area contributed by atoms with Crippen molar-refractivity contribution in [3.63, 3.8) is 0 Å². The van der Waals surface area contributed by atoms with Crippen LogP contribution in [0, 0.1) is 6.92 Å². The zero-order valence-electron chi connectivity index (χ0n) is 17.0. The summed E-state index contributed by atoms with van der Waals surface area (Å²) in [5.74, 6) is 1.06. The Morgan fingerprint density at radius 1 is 1.25 bits per heavy atom. The van der Waals surface area contributed by atoms with E-state index in [1.54, 1.807) is 7.05 Å². The van der Waals surface area contributed by atoms with Crippen LogP contribution in [0.1, 0.15) is 40.6 Å².